The van der Waals surface area contributed by atoms with E-state index in [9.17, 15) is 13.2 Å². The number of benzene rings is 1. The van der Waals surface area contributed by atoms with Crippen LogP contribution in [0, 0.1) is 0 Å². The summed E-state index contributed by atoms with van der Waals surface area (Å²) in [6.07, 6.45) is -0.222. The molecule has 20 heavy (non-hydrogen) atoms. The molecule has 0 atom stereocenters. The smallest absolute Gasteiger partial charge is 0.384 e. The first kappa shape index (κ1) is 14.8. The van der Waals surface area contributed by atoms with Gasteiger partial charge in [0.05, 0.1) is 5.56 Å². The first-order valence-electron chi connectivity index (χ1n) is 5.96. The largest absolute Gasteiger partial charge is 0.416 e. The summed E-state index contributed by atoms with van der Waals surface area (Å²) in [5.41, 5.74) is 0.802. The summed E-state index contributed by atoms with van der Waals surface area (Å²) in [5, 5.41) is 3.00. The number of hydrogen-bond acceptors (Lipinski definition) is 2. The van der Waals surface area contributed by atoms with Crippen LogP contribution in [0.2, 0.25) is 0 Å². The Morgan fingerprint density at radius 1 is 1.20 bits per heavy atom. The second-order valence-electron chi connectivity index (χ2n) is 4.23. The normalized spacial score (nSPS) is 11.4. The van der Waals surface area contributed by atoms with E-state index in [-0.39, 0.29) is 0 Å². The lowest BCUT2D eigenvalue weighted by Gasteiger charge is -2.12. The predicted octanol–water partition coefficient (Wildman–Crippen LogP) is 4.52. The van der Waals surface area contributed by atoms with Crippen molar-refractivity contribution in [3.8, 4) is 0 Å². The number of anilines is 1. The van der Waals surface area contributed by atoms with Gasteiger partial charge in [-0.25, -0.2) is 0 Å². The molecular weight excluding hydrogens is 333 g/mol. The van der Waals surface area contributed by atoms with Gasteiger partial charge in [0, 0.05) is 29.1 Å². The highest BCUT2D eigenvalue weighted by atomic mass is 79.9. The zero-order valence-corrected chi connectivity index (χ0v) is 12.0. The highest BCUT2D eigenvalue weighted by Gasteiger charge is 2.30. The molecule has 0 aliphatic rings. The van der Waals surface area contributed by atoms with Crippen LogP contribution in [0.4, 0.5) is 18.9 Å². The molecule has 0 amide bonds. The Morgan fingerprint density at radius 2 is 2.00 bits per heavy atom. The minimum atomic E-state index is -4.33. The number of hydrogen-bond donors (Lipinski definition) is 1. The molecule has 0 fully saturated rings. The fourth-order valence-electron chi connectivity index (χ4n) is 1.72. The summed E-state index contributed by atoms with van der Waals surface area (Å²) >= 11 is 3.24. The number of aromatic nitrogens is 1. The predicted molar refractivity (Wildman–Crippen MR) is 75.6 cm³/mol. The molecule has 0 aliphatic heterocycles. The van der Waals surface area contributed by atoms with Gasteiger partial charge < -0.3 is 5.32 Å². The summed E-state index contributed by atoms with van der Waals surface area (Å²) < 4.78 is 38.5. The van der Waals surface area contributed by atoms with Crippen molar-refractivity contribution in [2.24, 2.45) is 0 Å². The summed E-state index contributed by atoms with van der Waals surface area (Å²) in [6, 6.07) is 7.31. The summed E-state index contributed by atoms with van der Waals surface area (Å²) in [7, 11) is 0. The number of pyridine rings is 1. The van der Waals surface area contributed by atoms with Crippen LogP contribution in [0.5, 0.6) is 0 Å². The van der Waals surface area contributed by atoms with Gasteiger partial charge in [-0.2, -0.15) is 13.2 Å². The molecule has 0 aliphatic carbocycles. The lowest BCUT2D eigenvalue weighted by atomic mass is 10.2. The van der Waals surface area contributed by atoms with Crippen LogP contribution in [-0.4, -0.2) is 11.5 Å². The highest BCUT2D eigenvalue weighted by Crippen LogP contribution is 2.33. The van der Waals surface area contributed by atoms with E-state index in [1.165, 1.54) is 6.07 Å². The number of rotatable bonds is 4. The molecule has 6 heteroatoms. The van der Waals surface area contributed by atoms with Crippen molar-refractivity contribution >= 4 is 21.6 Å². The average molecular weight is 345 g/mol. The van der Waals surface area contributed by atoms with E-state index in [1.807, 2.05) is 12.1 Å². The summed E-state index contributed by atoms with van der Waals surface area (Å²) in [5.74, 6) is 0. The SMILES string of the molecule is FC(F)(F)c1ccc(Br)c(NCCc2cccnc2)c1. The topological polar surface area (TPSA) is 24.9 Å². The summed E-state index contributed by atoms with van der Waals surface area (Å²) in [4.78, 5) is 3.99. The van der Waals surface area contributed by atoms with Crippen LogP contribution < -0.4 is 5.32 Å². The Morgan fingerprint density at radius 3 is 2.65 bits per heavy atom. The fourth-order valence-corrected chi connectivity index (χ4v) is 2.11. The van der Waals surface area contributed by atoms with E-state index in [1.54, 1.807) is 12.4 Å². The van der Waals surface area contributed by atoms with Gasteiger partial charge in [-0.1, -0.05) is 6.07 Å². The number of nitrogens with zero attached hydrogens (tertiary/aromatic N) is 1. The molecule has 0 bridgehead atoms. The van der Waals surface area contributed by atoms with E-state index in [2.05, 4.69) is 26.2 Å². The Bertz CT molecular complexity index is 570. The minimum Gasteiger partial charge on any atom is -0.384 e. The van der Waals surface area contributed by atoms with Gasteiger partial charge in [0.1, 0.15) is 0 Å². The van der Waals surface area contributed by atoms with E-state index in [4.69, 9.17) is 0 Å². The zero-order valence-electron chi connectivity index (χ0n) is 10.4. The van der Waals surface area contributed by atoms with Crippen LogP contribution in [0.3, 0.4) is 0 Å². The fraction of sp³-hybridized carbons (Fsp3) is 0.214. The molecule has 1 heterocycles. The van der Waals surface area contributed by atoms with Gasteiger partial charge in [-0.05, 0) is 52.2 Å². The zero-order chi connectivity index (χ0) is 14.6. The van der Waals surface area contributed by atoms with Crippen molar-refractivity contribution in [3.63, 3.8) is 0 Å². The number of nitrogens with one attached hydrogen (secondary N) is 1. The molecule has 106 valence electrons. The molecule has 0 spiro atoms. The standard InChI is InChI=1S/C14H12BrF3N2/c15-12-4-3-11(14(16,17)18)8-13(12)20-7-5-10-2-1-6-19-9-10/h1-4,6,8-9,20H,5,7H2. The van der Waals surface area contributed by atoms with Crippen molar-refractivity contribution in [3.05, 3.63) is 58.3 Å². The van der Waals surface area contributed by atoms with Crippen LogP contribution >= 0.6 is 15.9 Å². The third kappa shape index (κ3) is 3.96. The van der Waals surface area contributed by atoms with Crippen LogP contribution in [0.15, 0.2) is 47.2 Å². The first-order valence-corrected chi connectivity index (χ1v) is 6.75. The van der Waals surface area contributed by atoms with Crippen molar-refractivity contribution in [2.45, 2.75) is 12.6 Å². The quantitative estimate of drug-likeness (QED) is 0.882. The van der Waals surface area contributed by atoms with Crippen LogP contribution in [0.1, 0.15) is 11.1 Å². The number of halogens is 4. The Kier molecular flexibility index (Phi) is 4.65. The van der Waals surface area contributed by atoms with E-state index in [0.717, 1.165) is 17.7 Å². The molecule has 0 unspecified atom stereocenters. The van der Waals surface area contributed by atoms with E-state index >= 15 is 0 Å². The van der Waals surface area contributed by atoms with Gasteiger partial charge in [-0.15, -0.1) is 0 Å². The van der Waals surface area contributed by atoms with Gasteiger partial charge in [-0.3, -0.25) is 4.98 Å². The second-order valence-corrected chi connectivity index (χ2v) is 5.08. The molecule has 0 saturated carbocycles. The average Bonchev–Trinajstić information content (AvgIpc) is 2.41. The number of alkyl halides is 3. The molecular formula is C14H12BrF3N2. The Labute approximate surface area is 123 Å². The van der Waals surface area contributed by atoms with Gasteiger partial charge in [0.25, 0.3) is 0 Å². The molecule has 0 saturated heterocycles. The molecule has 1 N–H and O–H groups in total. The monoisotopic (exact) mass is 344 g/mol. The van der Waals surface area contributed by atoms with E-state index in [0.29, 0.717) is 23.1 Å². The minimum absolute atomic E-state index is 0.434. The maximum Gasteiger partial charge on any atom is 0.416 e. The van der Waals surface area contributed by atoms with Crippen LogP contribution in [-0.2, 0) is 12.6 Å². The molecule has 2 nitrogen and oxygen atoms in total. The van der Waals surface area contributed by atoms with Gasteiger partial charge in [0.2, 0.25) is 0 Å². The maximum absolute atomic E-state index is 12.6. The summed E-state index contributed by atoms with van der Waals surface area (Å²) in [6.45, 7) is 0.533. The molecule has 1 aromatic carbocycles. The molecule has 0 radical (unpaired) electrons. The second kappa shape index (κ2) is 6.26. The Balaban J connectivity index is 2.02. The molecule has 2 aromatic rings. The van der Waals surface area contributed by atoms with Crippen molar-refractivity contribution in [1.82, 2.24) is 4.98 Å². The van der Waals surface area contributed by atoms with Crippen molar-refractivity contribution in [2.75, 3.05) is 11.9 Å². The first-order chi connectivity index (χ1) is 9.47. The lowest BCUT2D eigenvalue weighted by molar-refractivity contribution is -0.137. The van der Waals surface area contributed by atoms with Gasteiger partial charge in [0.15, 0.2) is 0 Å². The third-order valence-corrected chi connectivity index (χ3v) is 3.44. The molecule has 1 aromatic heterocycles. The lowest BCUT2D eigenvalue weighted by Crippen LogP contribution is -2.09. The Hall–Kier alpha value is -1.56. The maximum atomic E-state index is 12.6. The van der Waals surface area contributed by atoms with Crippen molar-refractivity contribution < 1.29 is 13.2 Å². The van der Waals surface area contributed by atoms with Crippen molar-refractivity contribution in [1.29, 1.82) is 0 Å². The molecule has 2 rings (SSSR count). The highest BCUT2D eigenvalue weighted by molar-refractivity contribution is 9.10. The van der Waals surface area contributed by atoms with Crippen LogP contribution in [0.25, 0.3) is 0 Å². The third-order valence-electron chi connectivity index (χ3n) is 2.75. The van der Waals surface area contributed by atoms with Gasteiger partial charge >= 0.3 is 6.18 Å². The van der Waals surface area contributed by atoms with E-state index < -0.39 is 11.7 Å².